The molecule has 1 aromatic heterocycles. The zero-order chi connectivity index (χ0) is 30.2. The number of hydrogen-bond acceptors (Lipinski definition) is 5. The van der Waals surface area contributed by atoms with Crippen molar-refractivity contribution in [3.05, 3.63) is 51.8 Å². The van der Waals surface area contributed by atoms with Gasteiger partial charge in [-0.1, -0.05) is 29.3 Å². The first-order valence-corrected chi connectivity index (χ1v) is 16.7. The van der Waals surface area contributed by atoms with Gasteiger partial charge in [0.2, 0.25) is 15.9 Å². The quantitative estimate of drug-likeness (QED) is 0.386. The number of amides is 1. The first-order chi connectivity index (χ1) is 19.9. The molecule has 1 saturated heterocycles. The standard InChI is InChI=1S/C29H38Cl2F2N4O4S/c1-20-8-9-23(30)28(27(20)31)42(39,40)37-16-15-36-12-4-7-24(36)25(37)18-41-19-26(38)34(2)21-5-3-6-22(17-21)35-13-10-29(32,33)11-14-35/h4,7-9,12,21-22,25H,3,5-6,10-11,13-19H2,1-2H3/t21-,22+,25?/m1/s1. The lowest BCUT2D eigenvalue weighted by Crippen LogP contribution is -2.50. The number of benzene rings is 1. The second kappa shape index (κ2) is 12.7. The lowest BCUT2D eigenvalue weighted by Gasteiger charge is -2.43. The normalized spacial score (nSPS) is 25.2. The number of sulfonamides is 1. The van der Waals surface area contributed by atoms with Crippen LogP contribution < -0.4 is 0 Å². The van der Waals surface area contributed by atoms with Crippen molar-refractivity contribution in [3.63, 3.8) is 0 Å². The molecule has 1 aromatic carbocycles. The third-order valence-corrected chi connectivity index (χ3v) is 12.1. The van der Waals surface area contributed by atoms with Crippen molar-refractivity contribution in [2.45, 2.75) is 80.9 Å². The van der Waals surface area contributed by atoms with Crippen LogP contribution in [0.25, 0.3) is 0 Å². The van der Waals surface area contributed by atoms with Crippen molar-refractivity contribution >= 4 is 39.1 Å². The zero-order valence-corrected chi connectivity index (χ0v) is 26.3. The number of nitrogens with zero attached hydrogens (tertiary/aromatic N) is 4. The molecule has 2 fully saturated rings. The van der Waals surface area contributed by atoms with Crippen molar-refractivity contribution in [3.8, 4) is 0 Å². The summed E-state index contributed by atoms with van der Waals surface area (Å²) >= 11 is 12.8. The number of carbonyl (C=O) groups is 1. The molecule has 1 aliphatic carbocycles. The number of hydrogen-bond donors (Lipinski definition) is 0. The van der Waals surface area contributed by atoms with Crippen molar-refractivity contribution in [2.24, 2.45) is 0 Å². The number of fused-ring (bicyclic) bond motifs is 1. The number of ether oxygens (including phenoxy) is 1. The van der Waals surface area contributed by atoms with Gasteiger partial charge in [0, 0.05) is 70.0 Å². The number of likely N-dealkylation sites (tertiary alicyclic amines) is 1. The van der Waals surface area contributed by atoms with Crippen LogP contribution in [0.15, 0.2) is 35.4 Å². The molecule has 1 saturated carbocycles. The summed E-state index contributed by atoms with van der Waals surface area (Å²) in [5.74, 6) is -2.78. The van der Waals surface area contributed by atoms with E-state index < -0.39 is 22.0 Å². The third kappa shape index (κ3) is 6.51. The number of aromatic nitrogens is 1. The highest BCUT2D eigenvalue weighted by atomic mass is 35.5. The van der Waals surface area contributed by atoms with Crippen LogP contribution in [0, 0.1) is 6.92 Å². The fourth-order valence-corrected chi connectivity index (χ4v) is 9.20. The van der Waals surface area contributed by atoms with Crippen LogP contribution in [-0.2, 0) is 26.1 Å². The summed E-state index contributed by atoms with van der Waals surface area (Å²) in [6.45, 7) is 2.90. The Hall–Kier alpha value is -1.76. The molecule has 0 bridgehead atoms. The van der Waals surface area contributed by atoms with Crippen molar-refractivity contribution in [1.82, 2.24) is 18.7 Å². The van der Waals surface area contributed by atoms with Crippen LogP contribution in [0.5, 0.6) is 0 Å². The first-order valence-electron chi connectivity index (χ1n) is 14.5. The highest BCUT2D eigenvalue weighted by Crippen LogP contribution is 2.39. The summed E-state index contributed by atoms with van der Waals surface area (Å²) in [6.07, 6.45) is 5.13. The summed E-state index contributed by atoms with van der Waals surface area (Å²) < 4.78 is 64.4. The second-order valence-corrected chi connectivity index (χ2v) is 14.3. The number of piperidine rings is 1. The van der Waals surface area contributed by atoms with E-state index in [9.17, 15) is 22.0 Å². The predicted molar refractivity (Wildman–Crippen MR) is 158 cm³/mol. The summed E-state index contributed by atoms with van der Waals surface area (Å²) in [5, 5.41) is 0.135. The molecule has 1 unspecified atom stereocenters. The van der Waals surface area contributed by atoms with Gasteiger partial charge in [-0.2, -0.15) is 4.31 Å². The van der Waals surface area contributed by atoms with Crippen LogP contribution in [0.2, 0.25) is 10.0 Å². The molecule has 2 aromatic rings. The van der Waals surface area contributed by atoms with Gasteiger partial charge < -0.3 is 14.2 Å². The molecule has 13 heteroatoms. The van der Waals surface area contributed by atoms with Gasteiger partial charge in [0.1, 0.15) is 11.5 Å². The fraction of sp³-hybridized carbons (Fsp3) is 0.621. The Morgan fingerprint density at radius 2 is 1.86 bits per heavy atom. The van der Waals surface area contributed by atoms with E-state index in [-0.39, 0.29) is 65.5 Å². The first kappa shape index (κ1) is 31.7. The van der Waals surface area contributed by atoms with Crippen LogP contribution >= 0.6 is 23.2 Å². The molecule has 8 nitrogen and oxygen atoms in total. The van der Waals surface area contributed by atoms with E-state index in [4.69, 9.17) is 27.9 Å². The Morgan fingerprint density at radius 1 is 1.12 bits per heavy atom. The van der Waals surface area contributed by atoms with E-state index in [1.807, 2.05) is 22.9 Å². The molecule has 3 aliphatic rings. The van der Waals surface area contributed by atoms with E-state index in [1.165, 1.54) is 10.4 Å². The number of halogens is 4. The van der Waals surface area contributed by atoms with Crippen LogP contribution in [0.3, 0.4) is 0 Å². The number of carbonyl (C=O) groups excluding carboxylic acids is 1. The Balaban J connectivity index is 1.24. The van der Waals surface area contributed by atoms with Crippen LogP contribution in [0.4, 0.5) is 8.78 Å². The summed E-state index contributed by atoms with van der Waals surface area (Å²) in [6, 6.07) is 6.41. The van der Waals surface area contributed by atoms with Gasteiger partial charge in [-0.05, 0) is 56.4 Å². The molecule has 2 aliphatic heterocycles. The molecule has 0 radical (unpaired) electrons. The maximum atomic E-state index is 13.9. The molecule has 5 rings (SSSR count). The van der Waals surface area contributed by atoms with E-state index in [2.05, 4.69) is 4.90 Å². The van der Waals surface area contributed by atoms with E-state index >= 15 is 0 Å². The number of alkyl halides is 2. The van der Waals surface area contributed by atoms with Crippen molar-refractivity contribution in [2.75, 3.05) is 39.9 Å². The lowest BCUT2D eigenvalue weighted by molar-refractivity contribution is -0.138. The zero-order valence-electron chi connectivity index (χ0n) is 23.9. The largest absolute Gasteiger partial charge is 0.370 e. The molecule has 232 valence electrons. The molecule has 3 heterocycles. The third-order valence-electron chi connectivity index (χ3n) is 9.03. The van der Waals surface area contributed by atoms with E-state index in [0.29, 0.717) is 25.2 Å². The molecule has 0 N–H and O–H groups in total. The minimum Gasteiger partial charge on any atom is -0.370 e. The SMILES string of the molecule is Cc1ccc(Cl)c(S(=O)(=O)N2CCn3cccc3C2COCC(=O)N(C)[C@@H]2CCC[C@H](N3CCC(F)(F)CC3)C2)c1Cl. The van der Waals surface area contributed by atoms with E-state index in [1.54, 1.807) is 24.9 Å². The number of likely N-dealkylation sites (N-methyl/N-ethyl adjacent to an activating group) is 1. The molecule has 42 heavy (non-hydrogen) atoms. The second-order valence-electron chi connectivity index (χ2n) is 11.7. The Kier molecular flexibility index (Phi) is 9.57. The van der Waals surface area contributed by atoms with Gasteiger partial charge in [-0.3, -0.25) is 9.69 Å². The molecular formula is C29H38Cl2F2N4O4S. The molecule has 3 atom stereocenters. The summed E-state index contributed by atoms with van der Waals surface area (Å²) in [5.41, 5.74) is 1.36. The minimum absolute atomic E-state index is 0.00307. The monoisotopic (exact) mass is 646 g/mol. The van der Waals surface area contributed by atoms with Gasteiger partial charge in [0.05, 0.1) is 22.7 Å². The van der Waals surface area contributed by atoms with Gasteiger partial charge in [0.25, 0.3) is 5.92 Å². The van der Waals surface area contributed by atoms with Crippen molar-refractivity contribution < 1.29 is 26.7 Å². The highest BCUT2D eigenvalue weighted by Gasteiger charge is 2.40. The van der Waals surface area contributed by atoms with Crippen molar-refractivity contribution in [1.29, 1.82) is 0 Å². The van der Waals surface area contributed by atoms with Crippen LogP contribution in [0.1, 0.15) is 55.8 Å². The Bertz CT molecular complexity index is 1400. The van der Waals surface area contributed by atoms with Gasteiger partial charge in [-0.15, -0.1) is 0 Å². The average Bonchev–Trinajstić information content (AvgIpc) is 3.44. The lowest BCUT2D eigenvalue weighted by atomic mass is 9.88. The predicted octanol–water partition coefficient (Wildman–Crippen LogP) is 5.37. The molecule has 0 spiro atoms. The van der Waals surface area contributed by atoms with Gasteiger partial charge >= 0.3 is 0 Å². The summed E-state index contributed by atoms with van der Waals surface area (Å²) in [7, 11) is -2.34. The molecule has 1 amide bonds. The minimum atomic E-state index is -4.09. The molecular weight excluding hydrogens is 609 g/mol. The van der Waals surface area contributed by atoms with E-state index in [0.717, 1.165) is 31.4 Å². The Labute approximate surface area is 256 Å². The maximum absolute atomic E-state index is 13.9. The van der Waals surface area contributed by atoms with Gasteiger partial charge in [0.15, 0.2) is 0 Å². The maximum Gasteiger partial charge on any atom is 0.250 e. The number of rotatable bonds is 8. The van der Waals surface area contributed by atoms with Gasteiger partial charge in [-0.25, -0.2) is 17.2 Å². The fourth-order valence-electron chi connectivity index (χ4n) is 6.49. The number of aryl methyl sites for hydroxylation is 1. The smallest absolute Gasteiger partial charge is 0.250 e. The van der Waals surface area contributed by atoms with Crippen LogP contribution in [-0.4, -0.2) is 90.9 Å². The average molecular weight is 648 g/mol. The summed E-state index contributed by atoms with van der Waals surface area (Å²) in [4.78, 5) is 16.9. The highest BCUT2D eigenvalue weighted by molar-refractivity contribution is 7.89. The topological polar surface area (TPSA) is 75.1 Å². The Morgan fingerprint density at radius 3 is 2.60 bits per heavy atom.